The third-order valence-corrected chi connectivity index (χ3v) is 2.84. The number of nitrogens with zero attached hydrogens (tertiary/aromatic N) is 1. The van der Waals surface area contributed by atoms with Crippen molar-refractivity contribution in [3.63, 3.8) is 0 Å². The van der Waals surface area contributed by atoms with Crippen molar-refractivity contribution in [3.8, 4) is 6.07 Å². The number of amides is 1. The summed E-state index contributed by atoms with van der Waals surface area (Å²) in [4.78, 5) is 11.7. The van der Waals surface area contributed by atoms with Crippen molar-refractivity contribution in [2.24, 2.45) is 0 Å². The number of furan rings is 1. The molecule has 0 spiro atoms. The van der Waals surface area contributed by atoms with E-state index in [1.807, 2.05) is 6.07 Å². The van der Waals surface area contributed by atoms with E-state index in [0.717, 1.165) is 6.07 Å². The minimum atomic E-state index is -4.46. The van der Waals surface area contributed by atoms with Crippen molar-refractivity contribution in [3.05, 3.63) is 17.9 Å². The Hall–Kier alpha value is -1.62. The van der Waals surface area contributed by atoms with Crippen LogP contribution < -0.4 is 5.32 Å². The molecule has 1 atom stereocenters. The Bertz CT molecular complexity index is 479. The molecule has 104 valence electrons. The number of rotatable bonds is 5. The Balaban J connectivity index is 2.66. The van der Waals surface area contributed by atoms with Gasteiger partial charge in [0.2, 0.25) is 0 Å². The standard InChI is InChI=1S/C11H11F3N2O2S/c1-2-7(5-6-15)16-10(17)8-3-4-9(18-8)19-11(12,13)14/h3-4,7H,2,5H2,1H3,(H,16,17)/t7-/m0/s1. The number of nitrogens with one attached hydrogen (secondary N) is 1. The third kappa shape index (κ3) is 5.26. The van der Waals surface area contributed by atoms with Crippen LogP contribution in [0.25, 0.3) is 0 Å². The summed E-state index contributed by atoms with van der Waals surface area (Å²) in [6.07, 6.45) is 0.678. The molecular formula is C11H11F3N2O2S. The summed E-state index contributed by atoms with van der Waals surface area (Å²) in [6.45, 7) is 1.79. The van der Waals surface area contributed by atoms with E-state index in [0.29, 0.717) is 6.42 Å². The predicted octanol–water partition coefficient (Wildman–Crippen LogP) is 3.31. The summed E-state index contributed by atoms with van der Waals surface area (Å²) in [7, 11) is 0. The van der Waals surface area contributed by atoms with Crippen LogP contribution in [0.5, 0.6) is 0 Å². The Labute approximate surface area is 112 Å². The maximum atomic E-state index is 12.1. The number of hydrogen-bond donors (Lipinski definition) is 1. The Kier molecular flexibility index (Phi) is 5.30. The van der Waals surface area contributed by atoms with Gasteiger partial charge >= 0.3 is 5.51 Å². The zero-order valence-electron chi connectivity index (χ0n) is 9.95. The van der Waals surface area contributed by atoms with Gasteiger partial charge in [-0.05, 0) is 18.6 Å². The van der Waals surface area contributed by atoms with Crippen LogP contribution in [0, 0.1) is 11.3 Å². The van der Waals surface area contributed by atoms with Gasteiger partial charge in [-0.2, -0.15) is 18.4 Å². The molecule has 1 heterocycles. The smallest absolute Gasteiger partial charge is 0.444 e. The fourth-order valence-corrected chi connectivity index (χ4v) is 1.77. The van der Waals surface area contributed by atoms with Gasteiger partial charge in [-0.3, -0.25) is 4.79 Å². The summed E-state index contributed by atoms with van der Waals surface area (Å²) in [5, 5.41) is 10.6. The van der Waals surface area contributed by atoms with Crippen molar-refractivity contribution in [1.29, 1.82) is 5.26 Å². The topological polar surface area (TPSA) is 66.0 Å². The lowest BCUT2D eigenvalue weighted by molar-refractivity contribution is -0.0335. The first-order valence-electron chi connectivity index (χ1n) is 5.39. The highest BCUT2D eigenvalue weighted by Crippen LogP contribution is 2.37. The zero-order valence-corrected chi connectivity index (χ0v) is 10.8. The van der Waals surface area contributed by atoms with Crippen LogP contribution in [0.3, 0.4) is 0 Å². The third-order valence-electron chi connectivity index (χ3n) is 2.19. The van der Waals surface area contributed by atoms with Crippen LogP contribution in [0.4, 0.5) is 13.2 Å². The van der Waals surface area contributed by atoms with Gasteiger partial charge in [-0.25, -0.2) is 0 Å². The quantitative estimate of drug-likeness (QED) is 0.845. The zero-order chi connectivity index (χ0) is 14.5. The molecule has 0 saturated heterocycles. The molecule has 0 fully saturated rings. The number of alkyl halides is 3. The lowest BCUT2D eigenvalue weighted by Crippen LogP contribution is -2.33. The van der Waals surface area contributed by atoms with Crippen LogP contribution in [0.2, 0.25) is 0 Å². The lowest BCUT2D eigenvalue weighted by Gasteiger charge is -2.11. The van der Waals surface area contributed by atoms with E-state index < -0.39 is 28.3 Å². The van der Waals surface area contributed by atoms with Gasteiger partial charge in [-0.15, -0.1) is 0 Å². The van der Waals surface area contributed by atoms with E-state index in [4.69, 9.17) is 9.68 Å². The fraction of sp³-hybridized carbons (Fsp3) is 0.455. The molecule has 0 bridgehead atoms. The first-order chi connectivity index (χ1) is 8.85. The number of hydrogen-bond acceptors (Lipinski definition) is 4. The fourth-order valence-electron chi connectivity index (χ4n) is 1.28. The molecule has 0 unspecified atom stereocenters. The average Bonchev–Trinajstić information content (AvgIpc) is 2.74. The van der Waals surface area contributed by atoms with Crippen LogP contribution in [0.15, 0.2) is 21.6 Å². The van der Waals surface area contributed by atoms with Gasteiger partial charge in [0.05, 0.1) is 12.5 Å². The van der Waals surface area contributed by atoms with Gasteiger partial charge < -0.3 is 9.73 Å². The molecule has 1 amide bonds. The highest BCUT2D eigenvalue weighted by molar-refractivity contribution is 8.00. The average molecular weight is 292 g/mol. The van der Waals surface area contributed by atoms with E-state index in [2.05, 4.69) is 5.32 Å². The van der Waals surface area contributed by atoms with E-state index in [-0.39, 0.29) is 18.2 Å². The van der Waals surface area contributed by atoms with E-state index in [9.17, 15) is 18.0 Å². The molecule has 0 saturated carbocycles. The second-order valence-electron chi connectivity index (χ2n) is 3.61. The summed E-state index contributed by atoms with van der Waals surface area (Å²) < 4.78 is 41.0. The molecule has 4 nitrogen and oxygen atoms in total. The van der Waals surface area contributed by atoms with E-state index >= 15 is 0 Å². The second-order valence-corrected chi connectivity index (χ2v) is 4.68. The van der Waals surface area contributed by atoms with Gasteiger partial charge in [-0.1, -0.05) is 6.92 Å². The molecule has 0 aliphatic carbocycles. The molecule has 1 rings (SSSR count). The predicted molar refractivity (Wildman–Crippen MR) is 62.4 cm³/mol. The maximum absolute atomic E-state index is 12.1. The molecule has 0 aliphatic rings. The van der Waals surface area contributed by atoms with Crippen molar-refractivity contribution < 1.29 is 22.4 Å². The lowest BCUT2D eigenvalue weighted by atomic mass is 10.1. The molecule has 19 heavy (non-hydrogen) atoms. The molecule has 0 radical (unpaired) electrons. The van der Waals surface area contributed by atoms with Gasteiger partial charge in [0.1, 0.15) is 0 Å². The molecule has 1 N–H and O–H groups in total. The highest BCUT2D eigenvalue weighted by Gasteiger charge is 2.31. The molecular weight excluding hydrogens is 281 g/mol. The minimum absolute atomic E-state index is 0.132. The second kappa shape index (κ2) is 6.52. The summed E-state index contributed by atoms with van der Waals surface area (Å²) in [5.74, 6) is -0.834. The molecule has 0 aliphatic heterocycles. The monoisotopic (exact) mass is 292 g/mol. The number of thioether (sulfide) groups is 1. The van der Waals surface area contributed by atoms with E-state index in [1.54, 1.807) is 6.92 Å². The molecule has 1 aromatic heterocycles. The van der Waals surface area contributed by atoms with Crippen LogP contribution in [0.1, 0.15) is 30.3 Å². The number of carbonyl (C=O) groups excluding carboxylic acids is 1. The SMILES string of the molecule is CC[C@@H](CC#N)NC(=O)c1ccc(SC(F)(F)F)o1. The normalized spacial score (nSPS) is 12.8. The number of nitriles is 1. The van der Waals surface area contributed by atoms with Crippen molar-refractivity contribution in [1.82, 2.24) is 5.32 Å². The van der Waals surface area contributed by atoms with Crippen LogP contribution in [-0.2, 0) is 0 Å². The van der Waals surface area contributed by atoms with Gasteiger partial charge in [0, 0.05) is 17.8 Å². The Morgan fingerprint density at radius 3 is 2.79 bits per heavy atom. The summed E-state index contributed by atoms with van der Waals surface area (Å²) in [5.41, 5.74) is -4.46. The van der Waals surface area contributed by atoms with Gasteiger partial charge in [0.25, 0.3) is 5.91 Å². The van der Waals surface area contributed by atoms with E-state index in [1.165, 1.54) is 6.07 Å². The number of halogens is 3. The first kappa shape index (κ1) is 15.4. The van der Waals surface area contributed by atoms with Crippen LogP contribution in [-0.4, -0.2) is 17.5 Å². The highest BCUT2D eigenvalue weighted by atomic mass is 32.2. The molecule has 1 aromatic rings. The Morgan fingerprint density at radius 1 is 1.58 bits per heavy atom. The maximum Gasteiger partial charge on any atom is 0.449 e. The number of carbonyl (C=O) groups is 1. The van der Waals surface area contributed by atoms with Crippen molar-refractivity contribution in [2.45, 2.75) is 36.4 Å². The van der Waals surface area contributed by atoms with Gasteiger partial charge in [0.15, 0.2) is 10.9 Å². The van der Waals surface area contributed by atoms with Crippen molar-refractivity contribution in [2.75, 3.05) is 0 Å². The molecule has 8 heteroatoms. The largest absolute Gasteiger partial charge is 0.449 e. The van der Waals surface area contributed by atoms with Crippen molar-refractivity contribution >= 4 is 17.7 Å². The summed E-state index contributed by atoms with van der Waals surface area (Å²) >= 11 is -0.425. The summed E-state index contributed by atoms with van der Waals surface area (Å²) in [6, 6.07) is 3.82. The minimum Gasteiger partial charge on any atom is -0.444 e. The Morgan fingerprint density at radius 2 is 2.26 bits per heavy atom. The first-order valence-corrected chi connectivity index (χ1v) is 6.20. The van der Waals surface area contributed by atoms with Crippen LogP contribution >= 0.6 is 11.8 Å². The molecule has 0 aromatic carbocycles.